The monoisotopic (exact) mass is 414 g/mol. The highest BCUT2D eigenvalue weighted by Crippen LogP contribution is 2.51. The largest absolute Gasteiger partial charge is 0.294 e. The second-order valence-electron chi connectivity index (χ2n) is 10.7. The van der Waals surface area contributed by atoms with Crippen LogP contribution in [0.4, 0.5) is 0 Å². The minimum atomic E-state index is 0.0326. The van der Waals surface area contributed by atoms with Gasteiger partial charge in [0, 0.05) is 23.0 Å². The molecule has 3 atom stereocenters. The molecule has 0 amide bonds. The van der Waals surface area contributed by atoms with Gasteiger partial charge in [0.2, 0.25) is 0 Å². The van der Waals surface area contributed by atoms with E-state index in [4.69, 9.17) is 0 Å². The molecule has 3 aliphatic carbocycles. The fraction of sp³-hybridized carbons (Fsp3) is 0.517. The molecule has 3 aliphatic rings. The topological polar surface area (TPSA) is 34.1 Å². The minimum Gasteiger partial charge on any atom is -0.294 e. The van der Waals surface area contributed by atoms with Crippen molar-refractivity contribution in [1.29, 1.82) is 0 Å². The normalized spacial score (nSPS) is 23.6. The summed E-state index contributed by atoms with van der Waals surface area (Å²) in [7, 11) is 0. The zero-order valence-corrected chi connectivity index (χ0v) is 19.1. The van der Waals surface area contributed by atoms with E-state index in [9.17, 15) is 9.59 Å². The van der Waals surface area contributed by atoms with Crippen molar-refractivity contribution in [2.24, 2.45) is 17.8 Å². The van der Waals surface area contributed by atoms with E-state index in [1.54, 1.807) is 0 Å². The summed E-state index contributed by atoms with van der Waals surface area (Å²) < 4.78 is 0. The van der Waals surface area contributed by atoms with Crippen LogP contribution in [-0.2, 0) is 0 Å². The van der Waals surface area contributed by atoms with E-state index < -0.39 is 0 Å². The standard InChI is InChI=1S/C29H34O2/c1-17(2)28(30)22-10-8-21(9-11-22)27-16-25(27)12-18(3)29(31)26-14-23(19-4-5-19)13-24(15-26)20-6-7-20/h8-11,13-15,17-20,25,27H,4-7,12,16H2,1-3H3. The second-order valence-corrected chi connectivity index (χ2v) is 10.7. The number of rotatable bonds is 9. The summed E-state index contributed by atoms with van der Waals surface area (Å²) in [6, 6.07) is 15.0. The maximum Gasteiger partial charge on any atom is 0.165 e. The van der Waals surface area contributed by atoms with Crippen molar-refractivity contribution in [2.45, 2.75) is 77.0 Å². The molecule has 31 heavy (non-hydrogen) atoms. The quantitative estimate of drug-likeness (QED) is 0.404. The lowest BCUT2D eigenvalue weighted by Crippen LogP contribution is -2.13. The first-order valence-corrected chi connectivity index (χ1v) is 12.2. The highest BCUT2D eigenvalue weighted by molar-refractivity contribution is 5.98. The molecule has 2 aromatic carbocycles. The molecule has 3 fully saturated rings. The van der Waals surface area contributed by atoms with Gasteiger partial charge < -0.3 is 0 Å². The third-order valence-electron chi connectivity index (χ3n) is 7.53. The van der Waals surface area contributed by atoms with E-state index in [1.807, 2.05) is 26.0 Å². The molecule has 0 bridgehead atoms. The van der Waals surface area contributed by atoms with Crippen LogP contribution in [0.15, 0.2) is 42.5 Å². The first-order chi connectivity index (χ1) is 14.9. The van der Waals surface area contributed by atoms with Crippen molar-refractivity contribution in [3.8, 4) is 0 Å². The van der Waals surface area contributed by atoms with Gasteiger partial charge in [0.15, 0.2) is 11.6 Å². The van der Waals surface area contributed by atoms with Gasteiger partial charge in [0.1, 0.15) is 0 Å². The maximum absolute atomic E-state index is 13.3. The molecule has 0 aromatic heterocycles. The van der Waals surface area contributed by atoms with E-state index in [2.05, 4.69) is 37.3 Å². The van der Waals surface area contributed by atoms with Gasteiger partial charge in [0.25, 0.3) is 0 Å². The predicted octanol–water partition coefficient (Wildman–Crippen LogP) is 7.29. The summed E-state index contributed by atoms with van der Waals surface area (Å²) in [5, 5.41) is 0. The summed E-state index contributed by atoms with van der Waals surface area (Å²) in [6.07, 6.45) is 7.24. The molecule has 2 heteroatoms. The fourth-order valence-electron chi connectivity index (χ4n) is 5.11. The third kappa shape index (κ3) is 4.54. The Kier molecular flexibility index (Phi) is 5.36. The van der Waals surface area contributed by atoms with Crippen LogP contribution >= 0.6 is 0 Å². The molecule has 0 spiro atoms. The van der Waals surface area contributed by atoms with Crippen LogP contribution in [0.2, 0.25) is 0 Å². The van der Waals surface area contributed by atoms with E-state index in [0.717, 1.165) is 24.0 Å². The molecule has 2 nitrogen and oxygen atoms in total. The molecule has 162 valence electrons. The first-order valence-electron chi connectivity index (χ1n) is 12.2. The number of hydrogen-bond donors (Lipinski definition) is 0. The molecule has 3 unspecified atom stereocenters. The van der Waals surface area contributed by atoms with Gasteiger partial charge in [0.05, 0.1) is 0 Å². The van der Waals surface area contributed by atoms with Gasteiger partial charge in [-0.05, 0) is 91.0 Å². The Bertz CT molecular complexity index is 962. The molecule has 3 saturated carbocycles. The Labute approximate surface area is 186 Å². The third-order valence-corrected chi connectivity index (χ3v) is 7.53. The Hall–Kier alpha value is -2.22. The van der Waals surface area contributed by atoms with Gasteiger partial charge >= 0.3 is 0 Å². The minimum absolute atomic E-state index is 0.0326. The van der Waals surface area contributed by atoms with E-state index in [0.29, 0.717) is 29.5 Å². The van der Waals surface area contributed by atoms with Gasteiger partial charge in [-0.3, -0.25) is 9.59 Å². The molecule has 2 aromatic rings. The Morgan fingerprint density at radius 3 is 1.87 bits per heavy atom. The van der Waals surface area contributed by atoms with Crippen LogP contribution < -0.4 is 0 Å². The lowest BCUT2D eigenvalue weighted by atomic mass is 9.90. The average Bonchev–Trinajstić information content (AvgIpc) is 3.64. The highest BCUT2D eigenvalue weighted by atomic mass is 16.1. The Morgan fingerprint density at radius 1 is 0.774 bits per heavy atom. The van der Waals surface area contributed by atoms with Crippen molar-refractivity contribution in [2.75, 3.05) is 0 Å². The smallest absolute Gasteiger partial charge is 0.165 e. The first kappa shape index (κ1) is 20.7. The highest BCUT2D eigenvalue weighted by Gasteiger charge is 2.40. The second kappa shape index (κ2) is 8.04. The van der Waals surface area contributed by atoms with Crippen LogP contribution in [0.5, 0.6) is 0 Å². The Balaban J connectivity index is 1.23. The summed E-state index contributed by atoms with van der Waals surface area (Å²) in [5.74, 6) is 3.14. The molecule has 0 aliphatic heterocycles. The summed E-state index contributed by atoms with van der Waals surface area (Å²) in [4.78, 5) is 25.5. The fourth-order valence-corrected chi connectivity index (χ4v) is 5.11. The lowest BCUT2D eigenvalue weighted by Gasteiger charge is -2.13. The molecule has 0 saturated heterocycles. The SMILES string of the molecule is CC(C)C(=O)c1ccc(C2CC2CC(C)C(=O)c2cc(C3CC3)cc(C3CC3)c2)cc1. The zero-order chi connectivity index (χ0) is 21.7. The maximum atomic E-state index is 13.3. The van der Waals surface area contributed by atoms with Gasteiger partial charge in [-0.25, -0.2) is 0 Å². The van der Waals surface area contributed by atoms with Crippen LogP contribution in [0.1, 0.15) is 114 Å². The molecule has 5 rings (SSSR count). The number of Topliss-reactive ketones (excluding diaryl/α,β-unsaturated/α-hetero) is 2. The van der Waals surface area contributed by atoms with Crippen molar-refractivity contribution < 1.29 is 9.59 Å². The van der Waals surface area contributed by atoms with E-state index >= 15 is 0 Å². The van der Waals surface area contributed by atoms with Crippen molar-refractivity contribution in [1.82, 2.24) is 0 Å². The van der Waals surface area contributed by atoms with Gasteiger partial charge in [-0.1, -0.05) is 51.1 Å². The van der Waals surface area contributed by atoms with E-state index in [-0.39, 0.29) is 17.6 Å². The number of benzene rings is 2. The summed E-state index contributed by atoms with van der Waals surface area (Å²) >= 11 is 0. The molecular weight excluding hydrogens is 380 g/mol. The van der Waals surface area contributed by atoms with Crippen LogP contribution in [0.3, 0.4) is 0 Å². The van der Waals surface area contributed by atoms with Crippen molar-refractivity contribution >= 4 is 11.6 Å². The zero-order valence-electron chi connectivity index (χ0n) is 19.1. The lowest BCUT2D eigenvalue weighted by molar-refractivity contribution is 0.0917. The average molecular weight is 415 g/mol. The number of carbonyl (C=O) groups is 2. The predicted molar refractivity (Wildman–Crippen MR) is 125 cm³/mol. The number of carbonyl (C=O) groups excluding carboxylic acids is 2. The summed E-state index contributed by atoms with van der Waals surface area (Å²) in [5.41, 5.74) is 5.88. The molecular formula is C29H34O2. The van der Waals surface area contributed by atoms with Crippen LogP contribution in [0, 0.1) is 17.8 Å². The Morgan fingerprint density at radius 2 is 1.35 bits per heavy atom. The molecule has 0 radical (unpaired) electrons. The summed E-state index contributed by atoms with van der Waals surface area (Å²) in [6.45, 7) is 6.00. The molecule has 0 heterocycles. The van der Waals surface area contributed by atoms with Gasteiger partial charge in [-0.2, -0.15) is 0 Å². The number of ketones is 2. The number of hydrogen-bond acceptors (Lipinski definition) is 2. The van der Waals surface area contributed by atoms with Gasteiger partial charge in [-0.15, -0.1) is 0 Å². The van der Waals surface area contributed by atoms with Crippen molar-refractivity contribution in [3.63, 3.8) is 0 Å². The van der Waals surface area contributed by atoms with Crippen LogP contribution in [0.25, 0.3) is 0 Å². The van der Waals surface area contributed by atoms with E-state index in [1.165, 1.54) is 42.4 Å². The van der Waals surface area contributed by atoms with Crippen molar-refractivity contribution in [3.05, 3.63) is 70.3 Å². The van der Waals surface area contributed by atoms with Crippen LogP contribution in [-0.4, -0.2) is 11.6 Å². The molecule has 0 N–H and O–H groups in total.